The summed E-state index contributed by atoms with van der Waals surface area (Å²) >= 11 is 0. The molecule has 0 amide bonds. The first kappa shape index (κ1) is 23.0. The lowest BCUT2D eigenvalue weighted by Gasteiger charge is -2.20. The Morgan fingerprint density at radius 2 is 1.39 bits per heavy atom. The van der Waals surface area contributed by atoms with Crippen LogP contribution < -0.4 is 0 Å². The molecule has 0 atom stereocenters. The molecule has 1 rings (SSSR count). The van der Waals surface area contributed by atoms with E-state index in [4.69, 9.17) is 4.74 Å². The minimum absolute atomic E-state index is 0.826. The van der Waals surface area contributed by atoms with Crippen LogP contribution in [0, 0.1) is 0 Å². The number of hydrogen-bond acceptors (Lipinski definition) is 3. The topological polar surface area (TPSA) is 15.7 Å². The van der Waals surface area contributed by atoms with Gasteiger partial charge in [0.2, 0.25) is 0 Å². The fourth-order valence-corrected chi connectivity index (χ4v) is 1.33. The zero-order valence-corrected chi connectivity index (χ0v) is 14.3. The Morgan fingerprint density at radius 3 is 1.56 bits per heavy atom. The molecule has 3 nitrogen and oxygen atoms in total. The number of likely N-dealkylation sites (N-methyl/N-ethyl adjacent to an activating group) is 1. The fourth-order valence-electron chi connectivity index (χ4n) is 1.33. The summed E-state index contributed by atoms with van der Waals surface area (Å²) in [6.07, 6.45) is 4.28. The summed E-state index contributed by atoms with van der Waals surface area (Å²) in [5.74, 6) is 0. The third-order valence-electron chi connectivity index (χ3n) is 2.32. The number of rotatable bonds is 3. The summed E-state index contributed by atoms with van der Waals surface area (Å²) in [7, 11) is 7.96. The van der Waals surface area contributed by atoms with E-state index in [0.29, 0.717) is 0 Å². The van der Waals surface area contributed by atoms with Crippen molar-refractivity contribution < 1.29 is 4.74 Å². The predicted octanol–water partition coefficient (Wildman–Crippen LogP) is 3.35. The van der Waals surface area contributed by atoms with Gasteiger partial charge in [-0.25, -0.2) is 0 Å². The maximum Gasteiger partial charge on any atom is 0.0589 e. The smallest absolute Gasteiger partial charge is 0.0589 e. The monoisotopic (exact) mass is 262 g/mol. The van der Waals surface area contributed by atoms with Crippen molar-refractivity contribution in [2.75, 3.05) is 54.5 Å². The van der Waals surface area contributed by atoms with Crippen molar-refractivity contribution in [1.29, 1.82) is 0 Å². The van der Waals surface area contributed by atoms with E-state index in [0.717, 1.165) is 13.2 Å². The fraction of sp³-hybridized carbons (Fsp3) is 1.00. The molecule has 0 aromatic rings. The minimum Gasteiger partial charge on any atom is -0.383 e. The Bertz CT molecular complexity index is 113. The highest BCUT2D eigenvalue weighted by Crippen LogP contribution is 2.04. The summed E-state index contributed by atoms with van der Waals surface area (Å²) in [5.41, 5.74) is 0. The van der Waals surface area contributed by atoms with Crippen LogP contribution in [-0.2, 0) is 4.74 Å². The van der Waals surface area contributed by atoms with Crippen molar-refractivity contribution in [2.45, 2.75) is 47.0 Å². The number of piperidine rings is 1. The quantitative estimate of drug-likeness (QED) is 0.776. The second-order valence-electron chi connectivity index (χ2n) is 4.16. The molecule has 0 radical (unpaired) electrons. The number of nitrogens with zero attached hydrogens (tertiary/aromatic N) is 2. The van der Waals surface area contributed by atoms with Gasteiger partial charge in [-0.05, 0) is 47.1 Å². The van der Waals surface area contributed by atoms with E-state index in [1.165, 1.54) is 32.4 Å². The number of likely N-dealkylation sites (tertiary alicyclic amines) is 1. The Labute approximate surface area is 116 Å². The molecular formula is C15H38N2O. The second-order valence-corrected chi connectivity index (χ2v) is 4.16. The van der Waals surface area contributed by atoms with Crippen LogP contribution in [0.15, 0.2) is 0 Å². The van der Waals surface area contributed by atoms with Gasteiger partial charge in [0.15, 0.2) is 0 Å². The third-order valence-corrected chi connectivity index (χ3v) is 2.32. The Kier molecular flexibility index (Phi) is 28.2. The van der Waals surface area contributed by atoms with Crippen LogP contribution in [0.1, 0.15) is 47.0 Å². The third kappa shape index (κ3) is 24.9. The lowest BCUT2D eigenvalue weighted by atomic mass is 10.1. The molecule has 0 bridgehead atoms. The van der Waals surface area contributed by atoms with E-state index in [9.17, 15) is 0 Å². The van der Waals surface area contributed by atoms with E-state index in [-0.39, 0.29) is 0 Å². The van der Waals surface area contributed by atoms with Crippen molar-refractivity contribution >= 4 is 0 Å². The SMILES string of the molecule is CC.CC.CN1CCCCC1.COCCN(C)C. The standard InChI is InChI=1S/C6H13N.C5H13NO.2C2H6/c1-7-5-3-2-4-6-7;1-6(2)4-5-7-3;2*1-2/h2-6H2,1H3;4-5H2,1-3H3;2*1-2H3. The molecule has 3 heteroatoms. The Balaban J connectivity index is -0.000000196. The number of methoxy groups -OCH3 is 1. The minimum atomic E-state index is 0.826. The van der Waals surface area contributed by atoms with E-state index >= 15 is 0 Å². The van der Waals surface area contributed by atoms with Crippen LogP contribution in [0.4, 0.5) is 0 Å². The average molecular weight is 262 g/mol. The maximum absolute atomic E-state index is 4.81. The van der Waals surface area contributed by atoms with Crippen molar-refractivity contribution in [3.05, 3.63) is 0 Å². The molecule has 0 aromatic carbocycles. The lowest BCUT2D eigenvalue weighted by Crippen LogP contribution is -2.24. The van der Waals surface area contributed by atoms with E-state index in [1.807, 2.05) is 41.8 Å². The van der Waals surface area contributed by atoms with E-state index < -0.39 is 0 Å². The van der Waals surface area contributed by atoms with Crippen LogP contribution in [-0.4, -0.2) is 64.3 Å². The highest BCUT2D eigenvalue weighted by atomic mass is 16.5. The highest BCUT2D eigenvalue weighted by molar-refractivity contribution is 4.58. The molecule has 1 aliphatic heterocycles. The maximum atomic E-state index is 4.81. The first-order valence-electron chi connectivity index (χ1n) is 7.49. The van der Waals surface area contributed by atoms with Crippen LogP contribution in [0.2, 0.25) is 0 Å². The Morgan fingerprint density at radius 1 is 0.944 bits per heavy atom. The van der Waals surface area contributed by atoms with Crippen molar-refractivity contribution in [3.63, 3.8) is 0 Å². The zero-order chi connectivity index (χ0) is 14.8. The first-order chi connectivity index (χ1) is 8.66. The van der Waals surface area contributed by atoms with Gasteiger partial charge in [0.25, 0.3) is 0 Å². The molecule has 0 unspecified atom stereocenters. The molecule has 1 aliphatic rings. The molecule has 0 aromatic heterocycles. The molecular weight excluding hydrogens is 224 g/mol. The first-order valence-corrected chi connectivity index (χ1v) is 7.49. The lowest BCUT2D eigenvalue weighted by molar-refractivity contribution is 0.172. The summed E-state index contributed by atoms with van der Waals surface area (Å²) in [4.78, 5) is 4.48. The van der Waals surface area contributed by atoms with Gasteiger partial charge in [-0.15, -0.1) is 0 Å². The van der Waals surface area contributed by atoms with Crippen LogP contribution in [0.25, 0.3) is 0 Å². The normalized spacial score (nSPS) is 14.5. The molecule has 0 aliphatic carbocycles. The highest BCUT2D eigenvalue weighted by Gasteiger charge is 2.02. The molecule has 0 N–H and O–H groups in total. The molecule has 0 saturated carbocycles. The van der Waals surface area contributed by atoms with Gasteiger partial charge >= 0.3 is 0 Å². The molecule has 18 heavy (non-hydrogen) atoms. The van der Waals surface area contributed by atoms with Gasteiger partial charge in [0.05, 0.1) is 6.61 Å². The van der Waals surface area contributed by atoms with Crippen molar-refractivity contribution in [3.8, 4) is 0 Å². The van der Waals surface area contributed by atoms with Crippen molar-refractivity contribution in [1.82, 2.24) is 9.80 Å². The number of hydrogen-bond donors (Lipinski definition) is 0. The van der Waals surface area contributed by atoms with Gasteiger partial charge in [0, 0.05) is 13.7 Å². The summed E-state index contributed by atoms with van der Waals surface area (Å²) < 4.78 is 4.81. The molecule has 1 heterocycles. The predicted molar refractivity (Wildman–Crippen MR) is 84.5 cm³/mol. The van der Waals surface area contributed by atoms with Crippen LogP contribution in [0.3, 0.4) is 0 Å². The molecule has 114 valence electrons. The molecule has 0 spiro atoms. The van der Waals surface area contributed by atoms with E-state index in [2.05, 4.69) is 16.8 Å². The molecule has 1 fully saturated rings. The van der Waals surface area contributed by atoms with E-state index in [1.54, 1.807) is 7.11 Å². The summed E-state index contributed by atoms with van der Waals surface area (Å²) in [6.45, 7) is 12.5. The molecule has 1 saturated heterocycles. The van der Waals surface area contributed by atoms with Crippen LogP contribution >= 0.6 is 0 Å². The van der Waals surface area contributed by atoms with Gasteiger partial charge in [-0.3, -0.25) is 0 Å². The average Bonchev–Trinajstić information content (AvgIpc) is 2.42. The largest absolute Gasteiger partial charge is 0.383 e. The van der Waals surface area contributed by atoms with Gasteiger partial charge in [-0.2, -0.15) is 0 Å². The summed E-state index contributed by atoms with van der Waals surface area (Å²) in [6, 6.07) is 0. The summed E-state index contributed by atoms with van der Waals surface area (Å²) in [5, 5.41) is 0. The van der Waals surface area contributed by atoms with Gasteiger partial charge in [-0.1, -0.05) is 34.1 Å². The zero-order valence-electron chi connectivity index (χ0n) is 14.3. The second kappa shape index (κ2) is 22.1. The van der Waals surface area contributed by atoms with Gasteiger partial charge < -0.3 is 14.5 Å². The van der Waals surface area contributed by atoms with Crippen LogP contribution in [0.5, 0.6) is 0 Å². The number of ether oxygens (including phenoxy) is 1. The Hall–Kier alpha value is -0.120. The van der Waals surface area contributed by atoms with Gasteiger partial charge in [0.1, 0.15) is 0 Å². The van der Waals surface area contributed by atoms with Crippen molar-refractivity contribution in [2.24, 2.45) is 0 Å².